The molecule has 3 rings (SSSR count). The summed E-state index contributed by atoms with van der Waals surface area (Å²) in [5, 5.41) is 2.82. The van der Waals surface area contributed by atoms with Crippen LogP contribution in [0.5, 0.6) is 0 Å². The normalized spacial score (nSPS) is 11.3. The third-order valence-corrected chi connectivity index (χ3v) is 4.21. The Kier molecular flexibility index (Phi) is 5.97. The van der Waals surface area contributed by atoms with E-state index in [2.05, 4.69) is 5.32 Å². The molecule has 0 unspecified atom stereocenters. The van der Waals surface area contributed by atoms with Gasteiger partial charge in [-0.05, 0) is 30.7 Å². The molecule has 3 aromatic rings. The fourth-order valence-electron chi connectivity index (χ4n) is 2.68. The Hall–Kier alpha value is -3.73. The van der Waals surface area contributed by atoms with E-state index in [9.17, 15) is 14.4 Å². The van der Waals surface area contributed by atoms with Crippen molar-refractivity contribution in [2.45, 2.75) is 13.0 Å². The zero-order valence-electron chi connectivity index (χ0n) is 15.3. The van der Waals surface area contributed by atoms with Crippen LogP contribution in [0.1, 0.15) is 27.6 Å². The first-order valence-electron chi connectivity index (χ1n) is 8.80. The summed E-state index contributed by atoms with van der Waals surface area (Å²) in [5.74, 6) is -1.06. The van der Waals surface area contributed by atoms with Crippen LogP contribution >= 0.6 is 0 Å². The Morgan fingerprint density at radius 1 is 0.893 bits per heavy atom. The molecule has 140 valence electrons. The van der Waals surface area contributed by atoms with Gasteiger partial charge in [-0.2, -0.15) is 0 Å². The molecule has 0 fully saturated rings. The van der Waals surface area contributed by atoms with Crippen LogP contribution in [-0.2, 0) is 9.53 Å². The van der Waals surface area contributed by atoms with Crippen molar-refractivity contribution in [2.75, 3.05) is 5.32 Å². The highest BCUT2D eigenvalue weighted by Gasteiger charge is 2.20. The molecule has 0 saturated heterocycles. The van der Waals surface area contributed by atoms with Gasteiger partial charge in [-0.15, -0.1) is 0 Å². The summed E-state index contributed by atoms with van der Waals surface area (Å²) in [6.07, 6.45) is -0.294. The van der Waals surface area contributed by atoms with Crippen molar-refractivity contribution in [3.05, 3.63) is 90.0 Å². The Bertz CT molecular complexity index is 981. The van der Waals surface area contributed by atoms with Gasteiger partial charge in [0.05, 0.1) is 5.56 Å². The fraction of sp³-hybridized carbons (Fsp3) is 0.0870. The second-order valence-corrected chi connectivity index (χ2v) is 6.19. The topological polar surface area (TPSA) is 72.5 Å². The maximum Gasteiger partial charge on any atom is 0.338 e. The van der Waals surface area contributed by atoms with E-state index in [-0.39, 0.29) is 5.56 Å². The monoisotopic (exact) mass is 373 g/mol. The summed E-state index contributed by atoms with van der Waals surface area (Å²) in [6.45, 7) is 1.51. The zero-order valence-corrected chi connectivity index (χ0v) is 15.3. The van der Waals surface area contributed by atoms with Gasteiger partial charge in [0.2, 0.25) is 0 Å². The number of aldehydes is 1. The highest BCUT2D eigenvalue weighted by Crippen LogP contribution is 2.27. The predicted octanol–water partition coefficient (Wildman–Crippen LogP) is 4.35. The van der Waals surface area contributed by atoms with E-state index in [1.54, 1.807) is 6.07 Å². The lowest BCUT2D eigenvalue weighted by atomic mass is 10.0. The van der Waals surface area contributed by atoms with Gasteiger partial charge < -0.3 is 10.1 Å². The summed E-state index contributed by atoms with van der Waals surface area (Å²) >= 11 is 0. The van der Waals surface area contributed by atoms with E-state index in [1.165, 1.54) is 31.2 Å². The lowest BCUT2D eigenvalue weighted by molar-refractivity contribution is -0.123. The number of hydrogen-bond acceptors (Lipinski definition) is 4. The molecule has 0 aromatic heterocycles. The van der Waals surface area contributed by atoms with Gasteiger partial charge in [-0.25, -0.2) is 4.79 Å². The summed E-state index contributed by atoms with van der Waals surface area (Å²) in [4.78, 5) is 35.4. The van der Waals surface area contributed by atoms with Gasteiger partial charge in [0, 0.05) is 16.8 Å². The van der Waals surface area contributed by atoms with Crippen molar-refractivity contribution in [3.8, 4) is 11.1 Å². The van der Waals surface area contributed by atoms with Crippen LogP contribution in [0.2, 0.25) is 0 Å². The molecule has 0 saturated carbocycles. The highest BCUT2D eigenvalue weighted by molar-refractivity contribution is 6.00. The second-order valence-electron chi connectivity index (χ2n) is 6.19. The SMILES string of the molecule is C[C@H](OC(=O)c1ccc(C=O)cc1)C(=O)Nc1ccccc1-c1ccccc1. The molecule has 0 aliphatic heterocycles. The number of carbonyl (C=O) groups is 3. The lowest BCUT2D eigenvalue weighted by Crippen LogP contribution is -2.30. The summed E-state index contributed by atoms with van der Waals surface area (Å²) in [5.41, 5.74) is 3.21. The van der Waals surface area contributed by atoms with Crippen molar-refractivity contribution in [3.63, 3.8) is 0 Å². The highest BCUT2D eigenvalue weighted by atomic mass is 16.5. The number of hydrogen-bond donors (Lipinski definition) is 1. The van der Waals surface area contributed by atoms with Gasteiger partial charge >= 0.3 is 5.97 Å². The van der Waals surface area contributed by atoms with E-state index < -0.39 is 18.0 Å². The maximum atomic E-state index is 12.5. The molecule has 0 spiro atoms. The Morgan fingerprint density at radius 2 is 1.54 bits per heavy atom. The van der Waals surface area contributed by atoms with Crippen LogP contribution in [0, 0.1) is 0 Å². The zero-order chi connectivity index (χ0) is 19.9. The van der Waals surface area contributed by atoms with Crippen molar-refractivity contribution >= 4 is 23.9 Å². The Labute approximate surface area is 163 Å². The average Bonchev–Trinajstić information content (AvgIpc) is 2.74. The molecule has 0 aliphatic rings. The van der Waals surface area contributed by atoms with Crippen LogP contribution in [0.4, 0.5) is 5.69 Å². The first-order chi connectivity index (χ1) is 13.6. The van der Waals surface area contributed by atoms with Gasteiger partial charge in [0.15, 0.2) is 6.10 Å². The molecular formula is C23H19NO4. The first-order valence-corrected chi connectivity index (χ1v) is 8.80. The summed E-state index contributed by atoms with van der Waals surface area (Å²) in [7, 11) is 0. The number of amides is 1. The number of para-hydroxylation sites is 1. The average molecular weight is 373 g/mol. The fourth-order valence-corrected chi connectivity index (χ4v) is 2.68. The number of rotatable bonds is 6. The number of benzene rings is 3. The second kappa shape index (κ2) is 8.77. The maximum absolute atomic E-state index is 12.5. The van der Waals surface area contributed by atoms with E-state index in [1.807, 2.05) is 48.5 Å². The summed E-state index contributed by atoms with van der Waals surface area (Å²) < 4.78 is 5.25. The molecule has 1 atom stereocenters. The minimum Gasteiger partial charge on any atom is -0.449 e. The van der Waals surface area contributed by atoms with E-state index in [0.717, 1.165) is 11.1 Å². The molecule has 28 heavy (non-hydrogen) atoms. The van der Waals surface area contributed by atoms with Crippen molar-refractivity contribution in [1.82, 2.24) is 0 Å². The molecule has 0 bridgehead atoms. The van der Waals surface area contributed by atoms with Crippen LogP contribution in [0.25, 0.3) is 11.1 Å². The van der Waals surface area contributed by atoms with Crippen LogP contribution < -0.4 is 5.32 Å². The summed E-state index contributed by atoms with van der Waals surface area (Å²) in [6, 6.07) is 23.1. The molecule has 0 aliphatic carbocycles. The van der Waals surface area contributed by atoms with Crippen molar-refractivity contribution in [1.29, 1.82) is 0 Å². The molecule has 3 aromatic carbocycles. The molecule has 1 amide bonds. The van der Waals surface area contributed by atoms with Gasteiger partial charge in [0.25, 0.3) is 5.91 Å². The van der Waals surface area contributed by atoms with E-state index >= 15 is 0 Å². The van der Waals surface area contributed by atoms with Gasteiger partial charge in [-0.3, -0.25) is 9.59 Å². The number of esters is 1. The molecular weight excluding hydrogens is 354 g/mol. The third-order valence-electron chi connectivity index (χ3n) is 4.21. The molecule has 5 nitrogen and oxygen atoms in total. The third kappa shape index (κ3) is 4.51. The number of carbonyl (C=O) groups excluding carboxylic acids is 3. The number of nitrogens with one attached hydrogen (secondary N) is 1. The Morgan fingerprint density at radius 3 is 2.21 bits per heavy atom. The van der Waals surface area contributed by atoms with Gasteiger partial charge in [-0.1, -0.05) is 60.7 Å². The standard InChI is InChI=1S/C23H19NO4/c1-16(28-23(27)19-13-11-17(15-25)12-14-19)22(26)24-21-10-6-5-9-20(21)18-7-3-2-4-8-18/h2-16H,1H3,(H,24,26)/t16-/m0/s1. The molecule has 0 heterocycles. The van der Waals surface area contributed by atoms with Crippen LogP contribution in [0.3, 0.4) is 0 Å². The molecule has 0 radical (unpaired) electrons. The largest absolute Gasteiger partial charge is 0.449 e. The van der Waals surface area contributed by atoms with Crippen molar-refractivity contribution in [2.24, 2.45) is 0 Å². The minimum absolute atomic E-state index is 0.273. The lowest BCUT2D eigenvalue weighted by Gasteiger charge is -2.16. The quantitative estimate of drug-likeness (QED) is 0.515. The number of ether oxygens (including phenoxy) is 1. The molecule has 1 N–H and O–H groups in total. The van der Waals surface area contributed by atoms with Crippen LogP contribution in [-0.4, -0.2) is 24.3 Å². The predicted molar refractivity (Wildman–Crippen MR) is 107 cm³/mol. The Balaban J connectivity index is 1.69. The number of anilines is 1. The van der Waals surface area contributed by atoms with Crippen molar-refractivity contribution < 1.29 is 19.1 Å². The van der Waals surface area contributed by atoms with E-state index in [0.29, 0.717) is 17.5 Å². The van der Waals surface area contributed by atoms with Gasteiger partial charge in [0.1, 0.15) is 6.29 Å². The molecule has 5 heteroatoms. The van der Waals surface area contributed by atoms with Crippen LogP contribution in [0.15, 0.2) is 78.9 Å². The minimum atomic E-state index is -0.984. The first kappa shape index (κ1) is 19.0. The van der Waals surface area contributed by atoms with E-state index in [4.69, 9.17) is 4.74 Å². The smallest absolute Gasteiger partial charge is 0.338 e.